The van der Waals surface area contributed by atoms with Gasteiger partial charge in [-0.05, 0) is 55.3 Å². The van der Waals surface area contributed by atoms with Crippen molar-refractivity contribution >= 4 is 0 Å². The predicted molar refractivity (Wildman–Crippen MR) is 53.0 cm³/mol. The van der Waals surface area contributed by atoms with E-state index in [-0.39, 0.29) is 0 Å². The van der Waals surface area contributed by atoms with Crippen molar-refractivity contribution < 1.29 is 0 Å². The largest absolute Gasteiger partial charge is 0.0625 e. The fourth-order valence-electron chi connectivity index (χ4n) is 3.88. The molecule has 0 aliphatic heterocycles. The van der Waals surface area contributed by atoms with Crippen molar-refractivity contribution in [2.24, 2.45) is 23.2 Å². The number of hydrogen-bond acceptors (Lipinski definition) is 0. The van der Waals surface area contributed by atoms with Gasteiger partial charge < -0.3 is 0 Å². The lowest BCUT2D eigenvalue weighted by Gasteiger charge is -2.45. The van der Waals surface area contributed by atoms with Crippen molar-refractivity contribution in [3.8, 4) is 0 Å². The van der Waals surface area contributed by atoms with Gasteiger partial charge in [0.1, 0.15) is 0 Å². The number of hydrogen-bond donors (Lipinski definition) is 0. The first-order valence-corrected chi connectivity index (χ1v) is 5.55. The molecule has 0 nitrogen and oxygen atoms in total. The topological polar surface area (TPSA) is 0 Å². The van der Waals surface area contributed by atoms with Crippen LogP contribution in [0.3, 0.4) is 0 Å². The fourth-order valence-corrected chi connectivity index (χ4v) is 3.88. The Morgan fingerprint density at radius 1 is 0.917 bits per heavy atom. The summed E-state index contributed by atoms with van der Waals surface area (Å²) in [6.45, 7) is 7.36. The van der Waals surface area contributed by atoms with Crippen LogP contribution in [0.1, 0.15) is 52.9 Å². The van der Waals surface area contributed by atoms with Crippen LogP contribution < -0.4 is 0 Å². The van der Waals surface area contributed by atoms with Crippen LogP contribution in [0.4, 0.5) is 0 Å². The first kappa shape index (κ1) is 8.59. The van der Waals surface area contributed by atoms with Crippen LogP contribution in [0.15, 0.2) is 0 Å². The summed E-state index contributed by atoms with van der Waals surface area (Å²) in [4.78, 5) is 0. The van der Waals surface area contributed by atoms with Crippen LogP contribution in [0.5, 0.6) is 0 Å². The Balaban J connectivity index is 2.06. The van der Waals surface area contributed by atoms with Gasteiger partial charge in [-0.15, -0.1) is 0 Å². The highest BCUT2D eigenvalue weighted by Crippen LogP contribution is 2.49. The molecule has 0 radical (unpaired) electrons. The van der Waals surface area contributed by atoms with E-state index in [1.165, 1.54) is 25.7 Å². The van der Waals surface area contributed by atoms with E-state index in [0.717, 1.165) is 17.8 Å². The third-order valence-electron chi connectivity index (χ3n) is 3.82. The van der Waals surface area contributed by atoms with E-state index in [1.807, 2.05) is 0 Å². The van der Waals surface area contributed by atoms with Gasteiger partial charge in [0.25, 0.3) is 0 Å². The molecular weight excluding hydrogens is 144 g/mol. The van der Waals surface area contributed by atoms with Crippen LogP contribution in [0.2, 0.25) is 0 Å². The molecule has 70 valence electrons. The van der Waals surface area contributed by atoms with Crippen molar-refractivity contribution in [2.45, 2.75) is 52.9 Å². The van der Waals surface area contributed by atoms with Crippen LogP contribution in [0, 0.1) is 23.2 Å². The molecule has 2 aliphatic rings. The minimum absolute atomic E-state index is 0.660. The lowest BCUT2D eigenvalue weighted by atomic mass is 9.60. The maximum Gasteiger partial charge on any atom is -0.0349 e. The minimum atomic E-state index is 0.660. The monoisotopic (exact) mass is 166 g/mol. The molecule has 0 aromatic rings. The third-order valence-corrected chi connectivity index (χ3v) is 3.82. The van der Waals surface area contributed by atoms with Gasteiger partial charge in [0.15, 0.2) is 0 Å². The summed E-state index contributed by atoms with van der Waals surface area (Å²) in [5, 5.41) is 0. The van der Waals surface area contributed by atoms with E-state index < -0.39 is 0 Å². The highest BCUT2D eigenvalue weighted by molar-refractivity contribution is 4.89. The van der Waals surface area contributed by atoms with Gasteiger partial charge in [0.05, 0.1) is 0 Å². The second-order valence-electron chi connectivity index (χ2n) is 6.12. The van der Waals surface area contributed by atoms with E-state index in [9.17, 15) is 0 Å². The average Bonchev–Trinajstić information content (AvgIpc) is 1.78. The standard InChI is InChI=1S/C12H22/c1-9-4-10-6-11(5-9)8-12(2,3)7-10/h9-11H,4-8H2,1-3H3. The van der Waals surface area contributed by atoms with Gasteiger partial charge in [-0.1, -0.05) is 20.8 Å². The molecule has 2 saturated carbocycles. The quantitative estimate of drug-likeness (QED) is 0.512. The molecule has 0 heteroatoms. The highest BCUT2D eigenvalue weighted by Gasteiger charge is 2.37. The second-order valence-corrected chi connectivity index (χ2v) is 6.12. The zero-order chi connectivity index (χ0) is 8.77. The molecule has 0 saturated heterocycles. The molecule has 0 heterocycles. The summed E-state index contributed by atoms with van der Waals surface area (Å²) < 4.78 is 0. The number of rotatable bonds is 0. The maximum absolute atomic E-state index is 2.46. The number of fused-ring (bicyclic) bond motifs is 2. The van der Waals surface area contributed by atoms with Gasteiger partial charge in [-0.3, -0.25) is 0 Å². The lowest BCUT2D eigenvalue weighted by Crippen LogP contribution is -2.34. The lowest BCUT2D eigenvalue weighted by molar-refractivity contribution is 0.0582. The van der Waals surface area contributed by atoms with Gasteiger partial charge >= 0.3 is 0 Å². The van der Waals surface area contributed by atoms with Crippen molar-refractivity contribution in [3.05, 3.63) is 0 Å². The van der Waals surface area contributed by atoms with Crippen LogP contribution in [0.25, 0.3) is 0 Å². The smallest absolute Gasteiger partial charge is 0.0349 e. The normalized spacial score (nSPS) is 45.8. The third kappa shape index (κ3) is 1.67. The highest BCUT2D eigenvalue weighted by atomic mass is 14.4. The first-order valence-electron chi connectivity index (χ1n) is 5.55. The minimum Gasteiger partial charge on any atom is -0.0625 e. The zero-order valence-electron chi connectivity index (χ0n) is 8.77. The summed E-state index contributed by atoms with van der Waals surface area (Å²) >= 11 is 0. The predicted octanol–water partition coefficient (Wildman–Crippen LogP) is 3.86. The Morgan fingerprint density at radius 2 is 1.42 bits per heavy atom. The molecule has 12 heavy (non-hydrogen) atoms. The second kappa shape index (κ2) is 2.75. The van der Waals surface area contributed by atoms with Gasteiger partial charge in [0, 0.05) is 0 Å². The molecule has 2 rings (SSSR count). The Labute approximate surface area is 76.7 Å². The molecule has 2 fully saturated rings. The Bertz CT molecular complexity index is 149. The van der Waals surface area contributed by atoms with E-state index >= 15 is 0 Å². The molecule has 2 unspecified atom stereocenters. The molecular formula is C12H22. The first-order chi connectivity index (χ1) is 5.55. The van der Waals surface area contributed by atoms with Gasteiger partial charge in [-0.25, -0.2) is 0 Å². The molecule has 0 aromatic carbocycles. The van der Waals surface area contributed by atoms with Crippen LogP contribution in [-0.4, -0.2) is 0 Å². The summed E-state index contributed by atoms with van der Waals surface area (Å²) in [5.41, 5.74) is 0.660. The summed E-state index contributed by atoms with van der Waals surface area (Å²) in [7, 11) is 0. The summed E-state index contributed by atoms with van der Waals surface area (Å²) in [6.07, 6.45) is 7.56. The van der Waals surface area contributed by atoms with Gasteiger partial charge in [-0.2, -0.15) is 0 Å². The van der Waals surface area contributed by atoms with Crippen molar-refractivity contribution in [2.75, 3.05) is 0 Å². The van der Waals surface area contributed by atoms with E-state index in [4.69, 9.17) is 0 Å². The van der Waals surface area contributed by atoms with E-state index in [1.54, 1.807) is 6.42 Å². The molecule has 0 spiro atoms. The van der Waals surface area contributed by atoms with Crippen molar-refractivity contribution in [3.63, 3.8) is 0 Å². The molecule has 0 amide bonds. The molecule has 0 N–H and O–H groups in total. The summed E-state index contributed by atoms with van der Waals surface area (Å²) in [6, 6.07) is 0. The fraction of sp³-hybridized carbons (Fsp3) is 1.00. The van der Waals surface area contributed by atoms with Crippen molar-refractivity contribution in [1.29, 1.82) is 0 Å². The van der Waals surface area contributed by atoms with Gasteiger partial charge in [0.2, 0.25) is 0 Å². The molecule has 0 aromatic heterocycles. The average molecular weight is 166 g/mol. The molecule has 2 atom stereocenters. The Morgan fingerprint density at radius 3 is 1.92 bits per heavy atom. The van der Waals surface area contributed by atoms with Crippen LogP contribution >= 0.6 is 0 Å². The van der Waals surface area contributed by atoms with E-state index in [2.05, 4.69) is 20.8 Å². The maximum atomic E-state index is 2.46. The Hall–Kier alpha value is 0. The Kier molecular flexibility index (Phi) is 1.97. The van der Waals surface area contributed by atoms with E-state index in [0.29, 0.717) is 5.41 Å². The van der Waals surface area contributed by atoms with Crippen molar-refractivity contribution in [1.82, 2.24) is 0 Å². The van der Waals surface area contributed by atoms with Crippen LogP contribution in [-0.2, 0) is 0 Å². The molecule has 2 aliphatic carbocycles. The molecule has 2 bridgehead atoms. The summed E-state index contributed by atoms with van der Waals surface area (Å²) in [5.74, 6) is 3.16. The SMILES string of the molecule is CC1CC2CC(C1)CC(C)(C)C2. The zero-order valence-corrected chi connectivity index (χ0v) is 8.77.